The summed E-state index contributed by atoms with van der Waals surface area (Å²) in [6.07, 6.45) is 5.64. The first kappa shape index (κ1) is 15.8. The van der Waals surface area contributed by atoms with E-state index >= 15 is 0 Å². The topological polar surface area (TPSA) is 86.0 Å². The molecule has 25 heavy (non-hydrogen) atoms. The summed E-state index contributed by atoms with van der Waals surface area (Å²) in [6.45, 7) is 3.63. The quantitative estimate of drug-likeness (QED) is 0.713. The predicted molar refractivity (Wildman–Crippen MR) is 99.4 cm³/mol. The van der Waals surface area contributed by atoms with Gasteiger partial charge in [-0.3, -0.25) is 4.98 Å². The van der Waals surface area contributed by atoms with E-state index in [0.29, 0.717) is 12.3 Å². The first-order chi connectivity index (χ1) is 12.2. The summed E-state index contributed by atoms with van der Waals surface area (Å²) in [7, 11) is 0. The van der Waals surface area contributed by atoms with Gasteiger partial charge in [0, 0.05) is 30.0 Å². The maximum Gasteiger partial charge on any atom is 0.149 e. The molecule has 128 valence electrons. The lowest BCUT2D eigenvalue weighted by Crippen LogP contribution is -2.19. The normalized spacial score (nSPS) is 17.1. The summed E-state index contributed by atoms with van der Waals surface area (Å²) < 4.78 is 5.40. The number of fused-ring (bicyclic) bond motifs is 1. The van der Waals surface area contributed by atoms with E-state index in [9.17, 15) is 0 Å². The first-order valence-electron chi connectivity index (χ1n) is 8.59. The molecule has 1 atom stereocenters. The molecule has 3 N–H and O–H groups in total. The highest BCUT2D eigenvalue weighted by molar-refractivity contribution is 5.94. The molecule has 3 aromatic rings. The average Bonchev–Trinajstić information content (AvgIpc) is 3.14. The van der Waals surface area contributed by atoms with Gasteiger partial charge in [0.15, 0.2) is 0 Å². The Morgan fingerprint density at radius 1 is 1.28 bits per heavy atom. The van der Waals surface area contributed by atoms with Gasteiger partial charge in [0.05, 0.1) is 18.3 Å². The molecule has 0 aliphatic carbocycles. The van der Waals surface area contributed by atoms with Gasteiger partial charge in [0.1, 0.15) is 11.3 Å². The molecular formula is C19H21N5O. The Bertz CT molecular complexity index is 905. The van der Waals surface area contributed by atoms with Crippen molar-refractivity contribution < 1.29 is 4.74 Å². The van der Waals surface area contributed by atoms with Crippen LogP contribution in [-0.2, 0) is 11.2 Å². The zero-order valence-corrected chi connectivity index (χ0v) is 14.2. The molecule has 1 aliphatic rings. The number of nitrogens with one attached hydrogen (secondary N) is 1. The summed E-state index contributed by atoms with van der Waals surface area (Å²) in [5.41, 5.74) is 11.0. The molecule has 2 aromatic heterocycles. The van der Waals surface area contributed by atoms with Crippen LogP contribution in [0.2, 0.25) is 0 Å². The van der Waals surface area contributed by atoms with Crippen LogP contribution in [0.3, 0.4) is 0 Å². The van der Waals surface area contributed by atoms with Crippen molar-refractivity contribution in [2.45, 2.75) is 25.8 Å². The highest BCUT2D eigenvalue weighted by atomic mass is 16.5. The number of hydrogen-bond donors (Lipinski definition) is 2. The molecule has 1 fully saturated rings. The summed E-state index contributed by atoms with van der Waals surface area (Å²) in [5.74, 6) is 0.751. The lowest BCUT2D eigenvalue weighted by atomic mass is 9.98. The number of rotatable bonds is 4. The molecule has 0 unspecified atom stereocenters. The lowest BCUT2D eigenvalue weighted by molar-refractivity contribution is 0.195. The van der Waals surface area contributed by atoms with Crippen LogP contribution in [-0.4, -0.2) is 34.4 Å². The van der Waals surface area contributed by atoms with Crippen LogP contribution in [0.4, 0.5) is 11.5 Å². The van der Waals surface area contributed by atoms with Gasteiger partial charge >= 0.3 is 0 Å². The van der Waals surface area contributed by atoms with Gasteiger partial charge in [-0.05, 0) is 48.2 Å². The molecule has 6 heteroatoms. The van der Waals surface area contributed by atoms with Gasteiger partial charge in [-0.25, -0.2) is 0 Å². The Hall–Kier alpha value is -2.73. The molecule has 0 amide bonds. The fraction of sp³-hybridized carbons (Fsp3) is 0.316. The Morgan fingerprint density at radius 2 is 2.20 bits per heavy atom. The molecule has 4 rings (SSSR count). The molecule has 0 radical (unpaired) electrons. The number of benzene rings is 1. The van der Waals surface area contributed by atoms with Crippen molar-refractivity contribution in [3.8, 4) is 11.1 Å². The minimum atomic E-state index is 0.289. The summed E-state index contributed by atoms with van der Waals surface area (Å²) in [6, 6.07) is 8.39. The molecule has 0 bridgehead atoms. The zero-order valence-electron chi connectivity index (χ0n) is 14.2. The average molecular weight is 335 g/mol. The number of hydrogen-bond acceptors (Lipinski definition) is 6. The molecule has 6 nitrogen and oxygen atoms in total. The van der Waals surface area contributed by atoms with Crippen molar-refractivity contribution >= 4 is 22.4 Å². The number of aromatic nitrogens is 3. The number of pyridine rings is 1. The van der Waals surface area contributed by atoms with Gasteiger partial charge in [0.25, 0.3) is 0 Å². The van der Waals surface area contributed by atoms with E-state index in [1.807, 2.05) is 30.6 Å². The third kappa shape index (κ3) is 3.13. The smallest absolute Gasteiger partial charge is 0.149 e. The van der Waals surface area contributed by atoms with Gasteiger partial charge in [0.2, 0.25) is 0 Å². The second-order valence-electron chi connectivity index (χ2n) is 6.32. The number of nitrogens with zero attached hydrogens (tertiary/aromatic N) is 3. The second kappa shape index (κ2) is 6.64. The maximum atomic E-state index is 6.24. The van der Waals surface area contributed by atoms with E-state index in [4.69, 9.17) is 10.5 Å². The van der Waals surface area contributed by atoms with Crippen LogP contribution >= 0.6 is 0 Å². The second-order valence-corrected chi connectivity index (χ2v) is 6.32. The summed E-state index contributed by atoms with van der Waals surface area (Å²) in [4.78, 5) is 4.27. The van der Waals surface area contributed by atoms with Crippen LogP contribution < -0.4 is 11.1 Å². The number of ether oxygens (including phenoxy) is 1. The number of nitrogen functional groups attached to an aromatic ring is 1. The van der Waals surface area contributed by atoms with Crippen LogP contribution in [0, 0.1) is 0 Å². The van der Waals surface area contributed by atoms with Gasteiger partial charge in [-0.2, -0.15) is 0 Å². The third-order valence-electron chi connectivity index (χ3n) is 4.60. The molecule has 0 saturated carbocycles. The van der Waals surface area contributed by atoms with Crippen LogP contribution in [0.1, 0.15) is 18.9 Å². The maximum absolute atomic E-state index is 6.24. The van der Waals surface area contributed by atoms with E-state index in [1.165, 1.54) is 5.56 Å². The van der Waals surface area contributed by atoms with Crippen molar-refractivity contribution in [3.63, 3.8) is 0 Å². The zero-order chi connectivity index (χ0) is 17.2. The minimum absolute atomic E-state index is 0.289. The first-order valence-corrected chi connectivity index (χ1v) is 8.59. The van der Waals surface area contributed by atoms with Crippen molar-refractivity contribution in [2.75, 3.05) is 24.3 Å². The van der Waals surface area contributed by atoms with E-state index in [2.05, 4.69) is 33.5 Å². The van der Waals surface area contributed by atoms with E-state index in [1.54, 1.807) is 0 Å². The van der Waals surface area contributed by atoms with Crippen molar-refractivity contribution in [2.24, 2.45) is 0 Å². The predicted octanol–water partition coefficient (Wildman–Crippen LogP) is 3.04. The van der Waals surface area contributed by atoms with Crippen LogP contribution in [0.15, 0.2) is 36.7 Å². The Kier molecular flexibility index (Phi) is 4.19. The molecule has 0 spiro atoms. The van der Waals surface area contributed by atoms with Gasteiger partial charge in [-0.1, -0.05) is 6.92 Å². The third-order valence-corrected chi connectivity index (χ3v) is 4.60. The minimum Gasteiger partial charge on any atom is -0.397 e. The molecule has 1 aromatic carbocycles. The number of aryl methyl sites for hydroxylation is 1. The molecular weight excluding hydrogens is 314 g/mol. The monoisotopic (exact) mass is 335 g/mol. The van der Waals surface area contributed by atoms with E-state index in [0.717, 1.165) is 47.3 Å². The lowest BCUT2D eigenvalue weighted by Gasteiger charge is -2.13. The fourth-order valence-corrected chi connectivity index (χ4v) is 3.26. The van der Waals surface area contributed by atoms with Crippen LogP contribution in [0.25, 0.3) is 22.0 Å². The van der Waals surface area contributed by atoms with E-state index in [-0.39, 0.29) is 6.04 Å². The summed E-state index contributed by atoms with van der Waals surface area (Å²) >= 11 is 0. The SMILES string of the molecule is CCc1ccncc1-c1cc(N)c2nnc(N[C@@H]3CCOC3)cc2c1. The Labute approximate surface area is 146 Å². The van der Waals surface area contributed by atoms with Crippen molar-refractivity contribution in [1.29, 1.82) is 0 Å². The van der Waals surface area contributed by atoms with Crippen molar-refractivity contribution in [1.82, 2.24) is 15.2 Å². The molecule has 3 heterocycles. The van der Waals surface area contributed by atoms with Gasteiger partial charge in [-0.15, -0.1) is 10.2 Å². The number of anilines is 2. The highest BCUT2D eigenvalue weighted by Gasteiger charge is 2.16. The Balaban J connectivity index is 1.76. The summed E-state index contributed by atoms with van der Waals surface area (Å²) in [5, 5.41) is 12.9. The van der Waals surface area contributed by atoms with Crippen LogP contribution in [0.5, 0.6) is 0 Å². The van der Waals surface area contributed by atoms with Crippen molar-refractivity contribution in [3.05, 3.63) is 42.2 Å². The van der Waals surface area contributed by atoms with Gasteiger partial charge < -0.3 is 15.8 Å². The number of nitrogens with two attached hydrogens (primary N) is 1. The molecule has 1 aliphatic heterocycles. The molecule has 1 saturated heterocycles. The fourth-order valence-electron chi connectivity index (χ4n) is 3.26. The Morgan fingerprint density at radius 3 is 3.00 bits per heavy atom. The highest BCUT2D eigenvalue weighted by Crippen LogP contribution is 2.31. The largest absolute Gasteiger partial charge is 0.397 e. The van der Waals surface area contributed by atoms with E-state index < -0.39 is 0 Å². The standard InChI is InChI=1S/C19H21N5O/c1-2-12-3-5-21-10-16(12)13-7-14-9-18(22-15-4-6-25-11-15)23-24-19(14)17(20)8-13/h3,5,7-10,15H,2,4,6,11,20H2,1H3,(H,22,23)/t15-/m1/s1.